The van der Waals surface area contributed by atoms with E-state index in [0.717, 1.165) is 16.9 Å². The Morgan fingerprint density at radius 2 is 2.10 bits per heavy atom. The van der Waals surface area contributed by atoms with Gasteiger partial charge in [0.15, 0.2) is 6.61 Å². The average molecular weight is 293 g/mol. The molecule has 0 aliphatic carbocycles. The molecule has 21 heavy (non-hydrogen) atoms. The molecule has 116 valence electrons. The third-order valence-electron chi connectivity index (χ3n) is 3.78. The third kappa shape index (κ3) is 3.74. The number of amides is 1. The van der Waals surface area contributed by atoms with E-state index in [4.69, 9.17) is 14.6 Å². The van der Waals surface area contributed by atoms with E-state index in [9.17, 15) is 4.79 Å². The van der Waals surface area contributed by atoms with Gasteiger partial charge in [-0.15, -0.1) is 0 Å². The van der Waals surface area contributed by atoms with Crippen LogP contribution in [0.15, 0.2) is 18.2 Å². The number of hydrogen-bond donors (Lipinski definition) is 1. The summed E-state index contributed by atoms with van der Waals surface area (Å²) in [5.41, 5.74) is 2.04. The minimum atomic E-state index is -0.301. The fourth-order valence-electron chi connectivity index (χ4n) is 2.52. The Labute approximate surface area is 125 Å². The van der Waals surface area contributed by atoms with Gasteiger partial charge in [0.2, 0.25) is 0 Å². The van der Waals surface area contributed by atoms with Gasteiger partial charge in [-0.05, 0) is 31.9 Å². The summed E-state index contributed by atoms with van der Waals surface area (Å²) in [6, 6.07) is 5.90. The molecule has 1 heterocycles. The van der Waals surface area contributed by atoms with E-state index in [1.807, 2.05) is 39.0 Å². The molecule has 1 amide bonds. The second-order valence-corrected chi connectivity index (χ2v) is 5.54. The van der Waals surface area contributed by atoms with E-state index in [0.29, 0.717) is 13.2 Å². The summed E-state index contributed by atoms with van der Waals surface area (Å²) in [7, 11) is 0. The molecular formula is C16H23NO4. The number of benzene rings is 1. The molecule has 1 saturated heterocycles. The number of carbonyl (C=O) groups is 1. The molecule has 1 fully saturated rings. The van der Waals surface area contributed by atoms with Gasteiger partial charge in [-0.1, -0.05) is 18.2 Å². The number of aryl methyl sites for hydroxylation is 2. The Kier molecular flexibility index (Phi) is 5.20. The lowest BCUT2D eigenvalue weighted by Crippen LogP contribution is -2.53. The Morgan fingerprint density at radius 3 is 2.71 bits per heavy atom. The maximum Gasteiger partial charge on any atom is 0.260 e. The second kappa shape index (κ2) is 6.91. The summed E-state index contributed by atoms with van der Waals surface area (Å²) in [6.07, 6.45) is -0.301. The summed E-state index contributed by atoms with van der Waals surface area (Å²) >= 11 is 0. The maximum atomic E-state index is 12.3. The molecule has 1 aliphatic heterocycles. The number of ether oxygens (including phenoxy) is 2. The van der Waals surface area contributed by atoms with E-state index in [-0.39, 0.29) is 31.3 Å². The third-order valence-corrected chi connectivity index (χ3v) is 3.78. The molecule has 1 aromatic carbocycles. The molecule has 0 aromatic heterocycles. The number of morpholine rings is 1. The van der Waals surface area contributed by atoms with Crippen molar-refractivity contribution in [2.75, 3.05) is 26.4 Å². The highest BCUT2D eigenvalue weighted by molar-refractivity contribution is 5.78. The van der Waals surface area contributed by atoms with Crippen molar-refractivity contribution in [1.82, 2.24) is 4.90 Å². The maximum absolute atomic E-state index is 12.3. The molecule has 2 atom stereocenters. The average Bonchev–Trinajstić information content (AvgIpc) is 2.47. The predicted octanol–water partition coefficient (Wildman–Crippen LogP) is 1.29. The molecule has 0 bridgehead atoms. The summed E-state index contributed by atoms with van der Waals surface area (Å²) in [6.45, 7) is 6.65. The first-order valence-corrected chi connectivity index (χ1v) is 7.24. The smallest absolute Gasteiger partial charge is 0.260 e. The van der Waals surface area contributed by atoms with Gasteiger partial charge >= 0.3 is 0 Å². The van der Waals surface area contributed by atoms with Crippen LogP contribution in [0.1, 0.15) is 18.1 Å². The zero-order valence-electron chi connectivity index (χ0n) is 12.8. The van der Waals surface area contributed by atoms with Crippen LogP contribution >= 0.6 is 0 Å². The number of aliphatic hydroxyl groups is 1. The SMILES string of the molecule is Cc1cccc(C)c1OCC(=O)N1CC(CO)OCC1C. The number of para-hydroxylation sites is 1. The van der Waals surface area contributed by atoms with Crippen molar-refractivity contribution in [3.05, 3.63) is 29.3 Å². The number of nitrogens with zero attached hydrogens (tertiary/aromatic N) is 1. The summed E-state index contributed by atoms with van der Waals surface area (Å²) in [5, 5.41) is 9.16. The van der Waals surface area contributed by atoms with Crippen LogP contribution in [0.2, 0.25) is 0 Å². The van der Waals surface area contributed by atoms with Crippen molar-refractivity contribution in [2.24, 2.45) is 0 Å². The highest BCUT2D eigenvalue weighted by Crippen LogP contribution is 2.22. The lowest BCUT2D eigenvalue weighted by atomic mass is 10.1. The number of carbonyl (C=O) groups excluding carboxylic acids is 1. The molecule has 5 nitrogen and oxygen atoms in total. The topological polar surface area (TPSA) is 59.0 Å². The van der Waals surface area contributed by atoms with Gasteiger partial charge in [-0.3, -0.25) is 4.79 Å². The van der Waals surface area contributed by atoms with Crippen LogP contribution in [0.3, 0.4) is 0 Å². The van der Waals surface area contributed by atoms with Gasteiger partial charge in [0.1, 0.15) is 5.75 Å². The van der Waals surface area contributed by atoms with Crippen molar-refractivity contribution < 1.29 is 19.4 Å². The molecule has 0 spiro atoms. The molecule has 5 heteroatoms. The zero-order valence-corrected chi connectivity index (χ0v) is 12.8. The molecule has 0 saturated carbocycles. The van der Waals surface area contributed by atoms with Crippen LogP contribution < -0.4 is 4.74 Å². The molecule has 1 N–H and O–H groups in total. The fraction of sp³-hybridized carbons (Fsp3) is 0.562. The fourth-order valence-corrected chi connectivity index (χ4v) is 2.52. The van der Waals surface area contributed by atoms with Crippen molar-refractivity contribution >= 4 is 5.91 Å². The van der Waals surface area contributed by atoms with Gasteiger partial charge in [-0.25, -0.2) is 0 Å². The van der Waals surface area contributed by atoms with Crippen LogP contribution in [0.4, 0.5) is 0 Å². The van der Waals surface area contributed by atoms with Gasteiger partial charge in [-0.2, -0.15) is 0 Å². The van der Waals surface area contributed by atoms with Crippen molar-refractivity contribution in [3.8, 4) is 5.75 Å². The summed E-state index contributed by atoms with van der Waals surface area (Å²) in [4.78, 5) is 14.0. The van der Waals surface area contributed by atoms with Crippen LogP contribution in [-0.4, -0.2) is 54.4 Å². The van der Waals surface area contributed by atoms with Gasteiger partial charge < -0.3 is 19.5 Å². The Morgan fingerprint density at radius 1 is 1.43 bits per heavy atom. The minimum absolute atomic E-state index is 0.00173. The van der Waals surface area contributed by atoms with E-state index < -0.39 is 0 Å². The number of hydrogen-bond acceptors (Lipinski definition) is 4. The monoisotopic (exact) mass is 293 g/mol. The van der Waals surface area contributed by atoms with Crippen molar-refractivity contribution in [3.63, 3.8) is 0 Å². The minimum Gasteiger partial charge on any atom is -0.483 e. The Hall–Kier alpha value is -1.59. The molecule has 1 aliphatic rings. The molecule has 0 radical (unpaired) electrons. The summed E-state index contributed by atoms with van der Waals surface area (Å²) in [5.74, 6) is 0.692. The largest absolute Gasteiger partial charge is 0.483 e. The second-order valence-electron chi connectivity index (χ2n) is 5.54. The highest BCUT2D eigenvalue weighted by atomic mass is 16.5. The van der Waals surface area contributed by atoms with Crippen LogP contribution in [0.25, 0.3) is 0 Å². The molecular weight excluding hydrogens is 270 g/mol. The van der Waals surface area contributed by atoms with Crippen LogP contribution in [-0.2, 0) is 9.53 Å². The quantitative estimate of drug-likeness (QED) is 0.909. The summed E-state index contributed by atoms with van der Waals surface area (Å²) < 4.78 is 11.1. The first-order chi connectivity index (χ1) is 10.0. The normalized spacial score (nSPS) is 22.2. The van der Waals surface area contributed by atoms with Gasteiger partial charge in [0.25, 0.3) is 5.91 Å². The number of rotatable bonds is 4. The van der Waals surface area contributed by atoms with E-state index in [1.165, 1.54) is 0 Å². The van der Waals surface area contributed by atoms with Gasteiger partial charge in [0.05, 0.1) is 25.4 Å². The lowest BCUT2D eigenvalue weighted by molar-refractivity contribution is -0.148. The zero-order chi connectivity index (χ0) is 15.4. The van der Waals surface area contributed by atoms with E-state index in [1.54, 1.807) is 4.90 Å². The first-order valence-electron chi connectivity index (χ1n) is 7.24. The van der Waals surface area contributed by atoms with Crippen LogP contribution in [0.5, 0.6) is 5.75 Å². The van der Waals surface area contributed by atoms with Gasteiger partial charge in [0, 0.05) is 6.54 Å². The van der Waals surface area contributed by atoms with Crippen molar-refractivity contribution in [2.45, 2.75) is 32.9 Å². The molecule has 2 unspecified atom stereocenters. The predicted molar refractivity (Wildman–Crippen MR) is 79.4 cm³/mol. The van der Waals surface area contributed by atoms with Crippen molar-refractivity contribution in [1.29, 1.82) is 0 Å². The van der Waals surface area contributed by atoms with Crippen LogP contribution in [0, 0.1) is 13.8 Å². The standard InChI is InChI=1S/C16H23NO4/c1-11-5-4-6-12(2)16(11)21-10-15(19)17-7-14(8-18)20-9-13(17)3/h4-6,13-14,18H,7-10H2,1-3H3. The van der Waals surface area contributed by atoms with E-state index in [2.05, 4.69) is 0 Å². The number of aliphatic hydroxyl groups excluding tert-OH is 1. The lowest BCUT2D eigenvalue weighted by Gasteiger charge is -2.37. The Bertz CT molecular complexity index is 483. The first kappa shape index (κ1) is 15.8. The Balaban J connectivity index is 1.98. The van der Waals surface area contributed by atoms with E-state index >= 15 is 0 Å². The molecule has 1 aromatic rings. The highest BCUT2D eigenvalue weighted by Gasteiger charge is 2.29. The molecule has 2 rings (SSSR count).